The van der Waals surface area contributed by atoms with Gasteiger partial charge < -0.3 is 0 Å². The van der Waals surface area contributed by atoms with Crippen LogP contribution in [0.15, 0.2) is 24.3 Å². The van der Waals surface area contributed by atoms with Crippen molar-refractivity contribution >= 4 is 28.4 Å². The number of Topliss-reactive ketones (excluding diaryl/α,β-unsaturated/α-hetero) is 1. The summed E-state index contributed by atoms with van der Waals surface area (Å²) in [7, 11) is 0. The summed E-state index contributed by atoms with van der Waals surface area (Å²) in [6.07, 6.45) is 4.43. The molecule has 1 aromatic rings. The van der Waals surface area contributed by atoms with Gasteiger partial charge in [-0.1, -0.05) is 25.5 Å². The molecule has 1 fully saturated rings. The first kappa shape index (κ1) is 11.1. The Morgan fingerprint density at radius 1 is 1.47 bits per heavy atom. The average Bonchev–Trinajstić information content (AvgIpc) is 2.15. The van der Waals surface area contributed by atoms with Gasteiger partial charge in [0.2, 0.25) is 0 Å². The molecule has 2 heteroatoms. The highest BCUT2D eigenvalue weighted by molar-refractivity contribution is 14.1. The minimum Gasteiger partial charge on any atom is -0.294 e. The van der Waals surface area contributed by atoms with Crippen molar-refractivity contribution in [3.63, 3.8) is 0 Å². The largest absolute Gasteiger partial charge is 0.294 e. The molecule has 0 spiro atoms. The molecule has 0 amide bonds. The van der Waals surface area contributed by atoms with Crippen LogP contribution in [0.25, 0.3) is 0 Å². The van der Waals surface area contributed by atoms with E-state index in [2.05, 4.69) is 29.5 Å². The molecule has 0 bridgehead atoms. The maximum absolute atomic E-state index is 12.0. The van der Waals surface area contributed by atoms with Crippen LogP contribution >= 0.6 is 22.6 Å². The summed E-state index contributed by atoms with van der Waals surface area (Å²) in [6, 6.07) is 7.87. The second-order valence-corrected chi connectivity index (χ2v) is 6.02. The lowest BCUT2D eigenvalue weighted by Gasteiger charge is -2.37. The number of hydrogen-bond donors (Lipinski definition) is 0. The second kappa shape index (κ2) is 4.24. The Morgan fingerprint density at radius 3 is 2.73 bits per heavy atom. The van der Waals surface area contributed by atoms with Gasteiger partial charge in [0.15, 0.2) is 5.78 Å². The maximum atomic E-state index is 12.0. The zero-order valence-corrected chi connectivity index (χ0v) is 11.1. The van der Waals surface area contributed by atoms with Crippen LogP contribution < -0.4 is 0 Å². The van der Waals surface area contributed by atoms with Crippen LogP contribution in [0.5, 0.6) is 0 Å². The number of rotatable bonds is 3. The Hall–Kier alpha value is -0.380. The molecule has 0 atom stereocenters. The molecule has 80 valence electrons. The lowest BCUT2D eigenvalue weighted by molar-refractivity contribution is 0.0816. The van der Waals surface area contributed by atoms with Crippen molar-refractivity contribution < 1.29 is 4.79 Å². The fraction of sp³-hybridized carbons (Fsp3) is 0.462. The summed E-state index contributed by atoms with van der Waals surface area (Å²) >= 11 is 2.25. The SMILES string of the molecule is CC1(CC(=O)c2cccc(I)c2)CCC1. The van der Waals surface area contributed by atoms with E-state index in [1.807, 2.05) is 24.3 Å². The maximum Gasteiger partial charge on any atom is 0.163 e. The van der Waals surface area contributed by atoms with Crippen LogP contribution in [0.2, 0.25) is 0 Å². The van der Waals surface area contributed by atoms with Crippen LogP contribution in [-0.2, 0) is 0 Å². The molecule has 1 saturated carbocycles. The van der Waals surface area contributed by atoms with Crippen LogP contribution in [0, 0.1) is 8.99 Å². The van der Waals surface area contributed by atoms with Gasteiger partial charge in [0, 0.05) is 15.6 Å². The van der Waals surface area contributed by atoms with Gasteiger partial charge in [0.25, 0.3) is 0 Å². The van der Waals surface area contributed by atoms with Crippen molar-refractivity contribution in [2.24, 2.45) is 5.41 Å². The molecule has 1 aliphatic rings. The summed E-state index contributed by atoms with van der Waals surface area (Å²) < 4.78 is 1.14. The third kappa shape index (κ3) is 2.60. The Kier molecular flexibility index (Phi) is 3.14. The lowest BCUT2D eigenvalue weighted by Crippen LogP contribution is -2.28. The molecule has 0 radical (unpaired) electrons. The van der Waals surface area contributed by atoms with Gasteiger partial charge in [-0.25, -0.2) is 0 Å². The third-order valence-corrected chi connectivity index (χ3v) is 3.97. The normalized spacial score (nSPS) is 18.3. The zero-order valence-electron chi connectivity index (χ0n) is 8.92. The van der Waals surface area contributed by atoms with Crippen molar-refractivity contribution in [2.45, 2.75) is 32.6 Å². The van der Waals surface area contributed by atoms with Gasteiger partial charge in [-0.15, -0.1) is 0 Å². The van der Waals surface area contributed by atoms with Crippen molar-refractivity contribution in [1.82, 2.24) is 0 Å². The molecule has 2 rings (SSSR count). The van der Waals surface area contributed by atoms with Crippen molar-refractivity contribution in [3.8, 4) is 0 Å². The van der Waals surface area contributed by atoms with E-state index in [1.54, 1.807) is 0 Å². The predicted octanol–water partition coefficient (Wildman–Crippen LogP) is 4.05. The number of carbonyl (C=O) groups is 1. The molecule has 0 aliphatic heterocycles. The predicted molar refractivity (Wildman–Crippen MR) is 70.1 cm³/mol. The Morgan fingerprint density at radius 2 is 2.20 bits per heavy atom. The summed E-state index contributed by atoms with van der Waals surface area (Å²) in [6.45, 7) is 2.22. The zero-order chi connectivity index (χ0) is 10.9. The lowest BCUT2D eigenvalue weighted by atomic mass is 9.67. The molecule has 15 heavy (non-hydrogen) atoms. The summed E-state index contributed by atoms with van der Waals surface area (Å²) in [5.74, 6) is 0.302. The van der Waals surface area contributed by atoms with Gasteiger partial charge in [-0.3, -0.25) is 4.79 Å². The fourth-order valence-electron chi connectivity index (χ4n) is 2.11. The molecular formula is C13H15IO. The van der Waals surface area contributed by atoms with Crippen LogP contribution in [0.3, 0.4) is 0 Å². The van der Waals surface area contributed by atoms with Gasteiger partial charge in [0.1, 0.15) is 0 Å². The molecule has 0 aromatic heterocycles. The van der Waals surface area contributed by atoms with Gasteiger partial charge >= 0.3 is 0 Å². The standard InChI is InChI=1S/C13H15IO/c1-13(6-3-7-13)9-12(15)10-4-2-5-11(14)8-10/h2,4-5,8H,3,6-7,9H2,1H3. The number of hydrogen-bond acceptors (Lipinski definition) is 1. The van der Waals surface area contributed by atoms with Gasteiger partial charge in [-0.2, -0.15) is 0 Å². The molecular weight excluding hydrogens is 299 g/mol. The van der Waals surface area contributed by atoms with Crippen LogP contribution in [-0.4, -0.2) is 5.78 Å². The minimum absolute atomic E-state index is 0.290. The summed E-state index contributed by atoms with van der Waals surface area (Å²) in [4.78, 5) is 12.0. The molecule has 0 saturated heterocycles. The van der Waals surface area contributed by atoms with Crippen LogP contribution in [0.4, 0.5) is 0 Å². The van der Waals surface area contributed by atoms with E-state index < -0.39 is 0 Å². The quantitative estimate of drug-likeness (QED) is 0.607. The first-order chi connectivity index (χ1) is 7.09. The summed E-state index contributed by atoms with van der Waals surface area (Å²) in [5.41, 5.74) is 1.16. The van der Waals surface area contributed by atoms with Crippen LogP contribution in [0.1, 0.15) is 43.0 Å². The monoisotopic (exact) mass is 314 g/mol. The van der Waals surface area contributed by atoms with Gasteiger partial charge in [0.05, 0.1) is 0 Å². The number of halogens is 1. The number of carbonyl (C=O) groups excluding carboxylic acids is 1. The molecule has 1 aliphatic carbocycles. The highest BCUT2D eigenvalue weighted by Crippen LogP contribution is 2.43. The molecule has 0 unspecified atom stereocenters. The molecule has 1 aromatic carbocycles. The molecule has 1 nitrogen and oxygen atoms in total. The number of benzene rings is 1. The minimum atomic E-state index is 0.290. The van der Waals surface area contributed by atoms with E-state index in [0.717, 1.165) is 9.13 Å². The van der Waals surface area contributed by atoms with E-state index >= 15 is 0 Å². The third-order valence-electron chi connectivity index (χ3n) is 3.29. The van der Waals surface area contributed by atoms with E-state index in [0.29, 0.717) is 17.6 Å². The highest BCUT2D eigenvalue weighted by atomic mass is 127. The second-order valence-electron chi connectivity index (χ2n) is 4.77. The first-order valence-corrected chi connectivity index (χ1v) is 6.46. The molecule has 0 heterocycles. The van der Waals surface area contributed by atoms with E-state index in [9.17, 15) is 4.79 Å². The Balaban J connectivity index is 2.08. The highest BCUT2D eigenvalue weighted by Gasteiger charge is 2.33. The number of ketones is 1. The average molecular weight is 314 g/mol. The van der Waals surface area contributed by atoms with Crippen molar-refractivity contribution in [2.75, 3.05) is 0 Å². The Labute approximate surface area is 104 Å². The van der Waals surface area contributed by atoms with Crippen molar-refractivity contribution in [3.05, 3.63) is 33.4 Å². The smallest absolute Gasteiger partial charge is 0.163 e. The van der Waals surface area contributed by atoms with E-state index in [4.69, 9.17) is 0 Å². The fourth-order valence-corrected chi connectivity index (χ4v) is 2.65. The van der Waals surface area contributed by atoms with Gasteiger partial charge in [-0.05, 0) is 53.0 Å². The first-order valence-electron chi connectivity index (χ1n) is 5.38. The topological polar surface area (TPSA) is 17.1 Å². The van der Waals surface area contributed by atoms with E-state index in [1.165, 1.54) is 19.3 Å². The van der Waals surface area contributed by atoms with E-state index in [-0.39, 0.29) is 0 Å². The summed E-state index contributed by atoms with van der Waals surface area (Å²) in [5, 5.41) is 0. The molecule has 0 N–H and O–H groups in total. The van der Waals surface area contributed by atoms with Crippen molar-refractivity contribution in [1.29, 1.82) is 0 Å². The Bertz CT molecular complexity index is 380.